The summed E-state index contributed by atoms with van der Waals surface area (Å²) in [7, 11) is 0. The van der Waals surface area contributed by atoms with Crippen LogP contribution in [0.15, 0.2) is 42.6 Å². The van der Waals surface area contributed by atoms with Crippen molar-refractivity contribution in [2.45, 2.75) is 25.4 Å². The molecule has 2 aromatic rings. The Labute approximate surface area is 135 Å². The molecule has 0 saturated carbocycles. The number of hydrogen-bond acceptors (Lipinski definition) is 4. The lowest BCUT2D eigenvalue weighted by atomic mass is 10.0. The predicted octanol–water partition coefficient (Wildman–Crippen LogP) is 2.40. The zero-order valence-corrected chi connectivity index (χ0v) is 12.5. The molecule has 1 aromatic carbocycles. The Morgan fingerprint density at radius 1 is 1.25 bits per heavy atom. The smallest absolute Gasteiger partial charge is 0.406 e. The monoisotopic (exact) mass is 337 g/mol. The molecule has 2 heterocycles. The fraction of sp³-hybridized carbons (Fsp3) is 0.250. The van der Waals surface area contributed by atoms with Gasteiger partial charge in [0.25, 0.3) is 0 Å². The van der Waals surface area contributed by atoms with Crippen molar-refractivity contribution in [1.29, 1.82) is 0 Å². The van der Waals surface area contributed by atoms with Gasteiger partial charge in [-0.05, 0) is 29.8 Å². The first-order chi connectivity index (χ1) is 11.3. The third kappa shape index (κ3) is 3.48. The van der Waals surface area contributed by atoms with Crippen LogP contribution in [0.25, 0.3) is 0 Å². The van der Waals surface area contributed by atoms with Crippen LogP contribution in [0.2, 0.25) is 0 Å². The maximum Gasteiger partial charge on any atom is 0.573 e. The Kier molecular flexibility index (Phi) is 4.15. The minimum atomic E-state index is -4.73. The Bertz CT molecular complexity index is 747. The van der Waals surface area contributed by atoms with Gasteiger partial charge in [-0.15, -0.1) is 13.2 Å². The quantitative estimate of drug-likeness (QED) is 0.934. The summed E-state index contributed by atoms with van der Waals surface area (Å²) < 4.78 is 40.4. The summed E-state index contributed by atoms with van der Waals surface area (Å²) in [5.41, 5.74) is 7.90. The van der Waals surface area contributed by atoms with Gasteiger partial charge in [-0.3, -0.25) is 9.78 Å². The van der Waals surface area contributed by atoms with Gasteiger partial charge in [0, 0.05) is 12.6 Å². The highest BCUT2D eigenvalue weighted by Gasteiger charge is 2.32. The van der Waals surface area contributed by atoms with Gasteiger partial charge < -0.3 is 15.4 Å². The summed E-state index contributed by atoms with van der Waals surface area (Å²) in [4.78, 5) is 18.1. The number of anilines is 1. The molecular formula is C16H14F3N3O2. The van der Waals surface area contributed by atoms with E-state index in [1.54, 1.807) is 18.3 Å². The summed E-state index contributed by atoms with van der Waals surface area (Å²) in [6, 6.07) is 8.18. The van der Waals surface area contributed by atoms with Crippen molar-refractivity contribution < 1.29 is 22.7 Å². The van der Waals surface area contributed by atoms with Gasteiger partial charge in [0.2, 0.25) is 5.91 Å². The van der Waals surface area contributed by atoms with Gasteiger partial charge >= 0.3 is 6.36 Å². The molecule has 0 radical (unpaired) electrons. The molecule has 1 aliphatic heterocycles. The standard InChI is InChI=1S/C16H14F3N3O2/c17-16(18,19)24-11-5-3-10(4-6-11)9-22-14-2-1-7-21-13(14)8-12(20)15(22)23/h1-7,12H,8-9,20H2. The van der Waals surface area contributed by atoms with Gasteiger partial charge in [-0.25, -0.2) is 0 Å². The maximum absolute atomic E-state index is 12.3. The second-order valence-corrected chi connectivity index (χ2v) is 5.40. The molecule has 1 aromatic heterocycles. The highest BCUT2D eigenvalue weighted by molar-refractivity contribution is 5.99. The van der Waals surface area contributed by atoms with Crippen LogP contribution in [0.4, 0.5) is 18.9 Å². The number of fused-ring (bicyclic) bond motifs is 1. The number of nitrogens with two attached hydrogens (primary N) is 1. The van der Waals surface area contributed by atoms with Crippen LogP contribution >= 0.6 is 0 Å². The number of amides is 1. The van der Waals surface area contributed by atoms with E-state index in [4.69, 9.17) is 5.73 Å². The average molecular weight is 337 g/mol. The van der Waals surface area contributed by atoms with Crippen molar-refractivity contribution in [1.82, 2.24) is 4.98 Å². The number of aromatic nitrogens is 1. The highest BCUT2D eigenvalue weighted by Crippen LogP contribution is 2.28. The number of halogens is 3. The molecule has 24 heavy (non-hydrogen) atoms. The molecule has 0 saturated heterocycles. The molecule has 0 aliphatic carbocycles. The van der Waals surface area contributed by atoms with Crippen molar-refractivity contribution in [3.8, 4) is 5.75 Å². The molecule has 1 unspecified atom stereocenters. The topological polar surface area (TPSA) is 68.4 Å². The van der Waals surface area contributed by atoms with Crippen molar-refractivity contribution in [3.05, 3.63) is 53.9 Å². The van der Waals surface area contributed by atoms with Gasteiger partial charge in [0.1, 0.15) is 5.75 Å². The van der Waals surface area contributed by atoms with E-state index in [2.05, 4.69) is 9.72 Å². The number of carbonyl (C=O) groups is 1. The maximum atomic E-state index is 12.3. The summed E-state index contributed by atoms with van der Waals surface area (Å²) in [6.07, 6.45) is -2.74. The number of alkyl halides is 3. The average Bonchev–Trinajstić information content (AvgIpc) is 2.52. The zero-order chi connectivity index (χ0) is 17.3. The Morgan fingerprint density at radius 2 is 1.96 bits per heavy atom. The van der Waals surface area contributed by atoms with Gasteiger partial charge in [-0.1, -0.05) is 12.1 Å². The van der Waals surface area contributed by atoms with Crippen LogP contribution in [0, 0.1) is 0 Å². The Balaban J connectivity index is 1.81. The number of ether oxygens (including phenoxy) is 1. The van der Waals surface area contributed by atoms with E-state index in [0.29, 0.717) is 17.7 Å². The third-order valence-corrected chi connectivity index (χ3v) is 3.65. The fourth-order valence-corrected chi connectivity index (χ4v) is 2.59. The van der Waals surface area contributed by atoms with Crippen LogP contribution in [0.1, 0.15) is 11.3 Å². The minimum absolute atomic E-state index is 0.192. The predicted molar refractivity (Wildman–Crippen MR) is 80.2 cm³/mol. The zero-order valence-electron chi connectivity index (χ0n) is 12.5. The lowest BCUT2D eigenvalue weighted by Crippen LogP contribution is -2.48. The van der Waals surface area contributed by atoms with E-state index in [1.165, 1.54) is 29.2 Å². The lowest BCUT2D eigenvalue weighted by Gasteiger charge is -2.32. The first kappa shape index (κ1) is 16.3. The van der Waals surface area contributed by atoms with Crippen LogP contribution < -0.4 is 15.4 Å². The van der Waals surface area contributed by atoms with E-state index in [-0.39, 0.29) is 18.2 Å². The van der Waals surface area contributed by atoms with Crippen LogP contribution in [0.3, 0.4) is 0 Å². The lowest BCUT2D eigenvalue weighted by molar-refractivity contribution is -0.274. The fourth-order valence-electron chi connectivity index (χ4n) is 2.59. The molecule has 0 bridgehead atoms. The van der Waals surface area contributed by atoms with Gasteiger partial charge in [-0.2, -0.15) is 0 Å². The molecule has 1 amide bonds. The van der Waals surface area contributed by atoms with E-state index < -0.39 is 12.4 Å². The SMILES string of the molecule is NC1Cc2ncccc2N(Cc2ccc(OC(F)(F)F)cc2)C1=O. The number of nitrogens with zero attached hydrogens (tertiary/aromatic N) is 2. The molecule has 3 rings (SSSR count). The van der Waals surface area contributed by atoms with Crippen molar-refractivity contribution >= 4 is 11.6 Å². The molecule has 5 nitrogen and oxygen atoms in total. The molecule has 2 N–H and O–H groups in total. The largest absolute Gasteiger partial charge is 0.573 e. The molecule has 126 valence electrons. The van der Waals surface area contributed by atoms with Crippen LogP contribution in [-0.4, -0.2) is 23.3 Å². The summed E-state index contributed by atoms with van der Waals surface area (Å²) in [5, 5.41) is 0. The molecular weight excluding hydrogens is 323 g/mol. The van der Waals surface area contributed by atoms with E-state index in [1.807, 2.05) is 0 Å². The molecule has 8 heteroatoms. The summed E-state index contributed by atoms with van der Waals surface area (Å²) >= 11 is 0. The number of hydrogen-bond donors (Lipinski definition) is 1. The van der Waals surface area contributed by atoms with Crippen molar-refractivity contribution in [2.24, 2.45) is 5.73 Å². The number of benzene rings is 1. The molecule has 1 aliphatic rings. The minimum Gasteiger partial charge on any atom is -0.406 e. The number of pyridine rings is 1. The Hall–Kier alpha value is -2.61. The first-order valence-corrected chi connectivity index (χ1v) is 7.19. The Morgan fingerprint density at radius 3 is 2.62 bits per heavy atom. The second-order valence-electron chi connectivity index (χ2n) is 5.40. The summed E-state index contributed by atoms with van der Waals surface area (Å²) in [5.74, 6) is -0.555. The van der Waals surface area contributed by atoms with Crippen molar-refractivity contribution in [3.63, 3.8) is 0 Å². The second kappa shape index (κ2) is 6.12. The van der Waals surface area contributed by atoms with Crippen LogP contribution in [-0.2, 0) is 17.8 Å². The number of rotatable bonds is 3. The first-order valence-electron chi connectivity index (χ1n) is 7.19. The van der Waals surface area contributed by atoms with E-state index in [0.717, 1.165) is 5.69 Å². The summed E-state index contributed by atoms with van der Waals surface area (Å²) in [6.45, 7) is 0.192. The molecule has 0 spiro atoms. The molecule has 0 fully saturated rings. The highest BCUT2D eigenvalue weighted by atomic mass is 19.4. The number of carbonyl (C=O) groups excluding carboxylic acids is 1. The third-order valence-electron chi connectivity index (χ3n) is 3.65. The molecule has 1 atom stereocenters. The van der Waals surface area contributed by atoms with Gasteiger partial charge in [0.05, 0.1) is 24.0 Å². The normalized spacial score (nSPS) is 17.6. The van der Waals surface area contributed by atoms with Gasteiger partial charge in [0.15, 0.2) is 0 Å². The van der Waals surface area contributed by atoms with Crippen LogP contribution in [0.5, 0.6) is 5.75 Å². The van der Waals surface area contributed by atoms with E-state index in [9.17, 15) is 18.0 Å². The van der Waals surface area contributed by atoms with E-state index >= 15 is 0 Å². The van der Waals surface area contributed by atoms with Crippen molar-refractivity contribution in [2.75, 3.05) is 4.90 Å².